The standard InChI is InChI=1S/C19H18N4O4/c1-11(24)14-8-15-16(9-19(14)27-2)21-20-10-18(15)22-6-5-12-3-4-13(23(25)26)7-17(12)22/h3-4,7-11,24H,5-6H2,1-2H3. The molecule has 2 aromatic carbocycles. The molecular weight excluding hydrogens is 348 g/mol. The molecule has 0 bridgehead atoms. The fourth-order valence-electron chi connectivity index (χ4n) is 3.54. The minimum absolute atomic E-state index is 0.0540. The normalized spacial score (nSPS) is 14.3. The maximum absolute atomic E-state index is 11.2. The Morgan fingerprint density at radius 1 is 1.30 bits per heavy atom. The Bertz CT molecular complexity index is 1050. The van der Waals surface area contributed by atoms with Crippen LogP contribution in [-0.4, -0.2) is 33.9 Å². The van der Waals surface area contributed by atoms with E-state index >= 15 is 0 Å². The molecular formula is C19H18N4O4. The molecule has 1 aliphatic heterocycles. The molecule has 0 amide bonds. The molecule has 8 nitrogen and oxygen atoms in total. The van der Waals surface area contributed by atoms with Crippen LogP contribution in [0.2, 0.25) is 0 Å². The Hall–Kier alpha value is -3.26. The summed E-state index contributed by atoms with van der Waals surface area (Å²) in [5.74, 6) is 0.543. The number of aliphatic hydroxyl groups excluding tert-OH is 1. The van der Waals surface area contributed by atoms with Gasteiger partial charge in [0.05, 0.1) is 41.2 Å². The lowest BCUT2D eigenvalue weighted by Crippen LogP contribution is -2.14. The third-order valence-corrected chi connectivity index (χ3v) is 4.89. The van der Waals surface area contributed by atoms with E-state index in [0.717, 1.165) is 28.7 Å². The Morgan fingerprint density at radius 3 is 2.81 bits per heavy atom. The predicted molar refractivity (Wildman–Crippen MR) is 101 cm³/mol. The Balaban J connectivity index is 1.90. The SMILES string of the molecule is COc1cc2nncc(N3CCc4ccc([N+](=O)[O-])cc43)c2cc1C(C)O. The van der Waals surface area contributed by atoms with Gasteiger partial charge >= 0.3 is 0 Å². The molecule has 0 spiro atoms. The van der Waals surface area contributed by atoms with Crippen molar-refractivity contribution in [3.63, 3.8) is 0 Å². The molecule has 0 fully saturated rings. The zero-order valence-electron chi connectivity index (χ0n) is 14.9. The second kappa shape index (κ2) is 6.48. The monoisotopic (exact) mass is 366 g/mol. The molecule has 1 aromatic heterocycles. The van der Waals surface area contributed by atoms with E-state index in [1.165, 1.54) is 6.07 Å². The summed E-state index contributed by atoms with van der Waals surface area (Å²) < 4.78 is 5.36. The first-order valence-electron chi connectivity index (χ1n) is 8.56. The molecule has 1 atom stereocenters. The molecule has 0 saturated heterocycles. The van der Waals surface area contributed by atoms with Crippen LogP contribution < -0.4 is 9.64 Å². The van der Waals surface area contributed by atoms with Crippen molar-refractivity contribution in [2.24, 2.45) is 0 Å². The van der Waals surface area contributed by atoms with Gasteiger partial charge in [-0.25, -0.2) is 0 Å². The van der Waals surface area contributed by atoms with Crippen LogP contribution in [0.1, 0.15) is 24.2 Å². The van der Waals surface area contributed by atoms with Gasteiger partial charge in [0.2, 0.25) is 0 Å². The van der Waals surface area contributed by atoms with E-state index < -0.39 is 11.0 Å². The first kappa shape index (κ1) is 17.2. The number of hydrogen-bond donors (Lipinski definition) is 1. The zero-order chi connectivity index (χ0) is 19.1. The Labute approximate surface area is 155 Å². The number of aromatic nitrogens is 2. The molecule has 0 aliphatic carbocycles. The van der Waals surface area contributed by atoms with Gasteiger partial charge in [0.25, 0.3) is 5.69 Å². The number of nitro benzene ring substituents is 1. The van der Waals surface area contributed by atoms with E-state index in [2.05, 4.69) is 10.2 Å². The predicted octanol–water partition coefficient (Wildman–Crippen LogP) is 3.29. The van der Waals surface area contributed by atoms with Crippen molar-refractivity contribution >= 4 is 28.0 Å². The maximum atomic E-state index is 11.2. The highest BCUT2D eigenvalue weighted by molar-refractivity contribution is 5.95. The van der Waals surface area contributed by atoms with E-state index in [-0.39, 0.29) is 5.69 Å². The summed E-state index contributed by atoms with van der Waals surface area (Å²) in [5.41, 5.74) is 3.98. The van der Waals surface area contributed by atoms with Gasteiger partial charge in [-0.3, -0.25) is 10.1 Å². The number of hydrogen-bond acceptors (Lipinski definition) is 7. The third kappa shape index (κ3) is 2.83. The number of aliphatic hydroxyl groups is 1. The summed E-state index contributed by atoms with van der Waals surface area (Å²) in [7, 11) is 1.54. The number of methoxy groups -OCH3 is 1. The minimum atomic E-state index is -0.711. The largest absolute Gasteiger partial charge is 0.496 e. The van der Waals surface area contributed by atoms with Crippen molar-refractivity contribution in [3.8, 4) is 5.75 Å². The van der Waals surface area contributed by atoms with Crippen LogP contribution in [0, 0.1) is 10.1 Å². The second-order valence-corrected chi connectivity index (χ2v) is 6.49. The summed E-state index contributed by atoms with van der Waals surface area (Å²) in [6.07, 6.45) is 1.72. The molecule has 27 heavy (non-hydrogen) atoms. The van der Waals surface area contributed by atoms with Gasteiger partial charge in [-0.1, -0.05) is 6.07 Å². The van der Waals surface area contributed by atoms with Crippen molar-refractivity contribution in [2.45, 2.75) is 19.4 Å². The molecule has 0 radical (unpaired) electrons. The van der Waals surface area contributed by atoms with Crippen LogP contribution in [0.5, 0.6) is 5.75 Å². The van der Waals surface area contributed by atoms with Gasteiger partial charge in [-0.2, -0.15) is 10.2 Å². The molecule has 2 heterocycles. The topological polar surface area (TPSA) is 102 Å². The van der Waals surface area contributed by atoms with Crippen LogP contribution in [0.4, 0.5) is 17.1 Å². The average Bonchev–Trinajstić information content (AvgIpc) is 3.09. The first-order valence-corrected chi connectivity index (χ1v) is 8.56. The summed E-state index contributed by atoms with van der Waals surface area (Å²) in [6.45, 7) is 2.36. The lowest BCUT2D eigenvalue weighted by atomic mass is 10.0. The number of nitrogens with zero attached hydrogens (tertiary/aromatic N) is 4. The number of fused-ring (bicyclic) bond motifs is 2. The van der Waals surface area contributed by atoms with Crippen LogP contribution in [-0.2, 0) is 6.42 Å². The smallest absolute Gasteiger partial charge is 0.271 e. The highest BCUT2D eigenvalue weighted by Crippen LogP contribution is 2.41. The summed E-state index contributed by atoms with van der Waals surface area (Å²) in [4.78, 5) is 12.8. The second-order valence-electron chi connectivity index (χ2n) is 6.49. The van der Waals surface area contributed by atoms with Crippen LogP contribution in [0.25, 0.3) is 10.9 Å². The number of nitro groups is 1. The van der Waals surface area contributed by atoms with Gasteiger partial charge in [-0.15, -0.1) is 0 Å². The average molecular weight is 366 g/mol. The van der Waals surface area contributed by atoms with E-state index in [4.69, 9.17) is 4.74 Å². The van der Waals surface area contributed by atoms with Crippen molar-refractivity contribution in [3.05, 3.63) is 57.8 Å². The minimum Gasteiger partial charge on any atom is -0.496 e. The number of benzene rings is 2. The molecule has 8 heteroatoms. The van der Waals surface area contributed by atoms with Crippen molar-refractivity contribution < 1.29 is 14.8 Å². The summed E-state index contributed by atoms with van der Waals surface area (Å²) >= 11 is 0. The highest BCUT2D eigenvalue weighted by Gasteiger charge is 2.25. The van der Waals surface area contributed by atoms with Crippen LogP contribution >= 0.6 is 0 Å². The molecule has 138 valence electrons. The lowest BCUT2D eigenvalue weighted by Gasteiger charge is -2.21. The lowest BCUT2D eigenvalue weighted by molar-refractivity contribution is -0.384. The van der Waals surface area contributed by atoms with Crippen molar-refractivity contribution in [2.75, 3.05) is 18.6 Å². The fourth-order valence-corrected chi connectivity index (χ4v) is 3.54. The molecule has 1 N–H and O–H groups in total. The molecule has 3 aromatic rings. The van der Waals surface area contributed by atoms with E-state index in [0.29, 0.717) is 23.4 Å². The molecule has 1 unspecified atom stereocenters. The van der Waals surface area contributed by atoms with Gasteiger partial charge in [-0.05, 0) is 25.0 Å². The highest BCUT2D eigenvalue weighted by atomic mass is 16.6. The quantitative estimate of drug-likeness (QED) is 0.558. The first-order chi connectivity index (χ1) is 13.0. The summed E-state index contributed by atoms with van der Waals surface area (Å²) in [6, 6.07) is 8.51. The third-order valence-electron chi connectivity index (χ3n) is 4.89. The summed E-state index contributed by atoms with van der Waals surface area (Å²) in [5, 5.41) is 30.3. The number of non-ortho nitro benzene ring substituents is 1. The van der Waals surface area contributed by atoms with Gasteiger partial charge in [0, 0.05) is 35.7 Å². The van der Waals surface area contributed by atoms with Gasteiger partial charge in [0.1, 0.15) is 5.75 Å². The van der Waals surface area contributed by atoms with Crippen molar-refractivity contribution in [1.29, 1.82) is 0 Å². The number of ether oxygens (including phenoxy) is 1. The van der Waals surface area contributed by atoms with Gasteiger partial charge in [0.15, 0.2) is 0 Å². The zero-order valence-corrected chi connectivity index (χ0v) is 14.9. The fraction of sp³-hybridized carbons (Fsp3) is 0.263. The molecule has 4 rings (SSSR count). The molecule has 0 saturated carbocycles. The number of anilines is 2. The van der Waals surface area contributed by atoms with E-state index in [9.17, 15) is 15.2 Å². The van der Waals surface area contributed by atoms with Crippen molar-refractivity contribution in [1.82, 2.24) is 10.2 Å². The van der Waals surface area contributed by atoms with Gasteiger partial charge < -0.3 is 14.7 Å². The Morgan fingerprint density at radius 2 is 2.11 bits per heavy atom. The Kier molecular flexibility index (Phi) is 4.12. The van der Waals surface area contributed by atoms with E-state index in [1.54, 1.807) is 38.4 Å². The van der Waals surface area contributed by atoms with E-state index in [1.807, 2.05) is 11.0 Å². The molecule has 1 aliphatic rings. The van der Waals surface area contributed by atoms with Crippen LogP contribution in [0.15, 0.2) is 36.5 Å². The maximum Gasteiger partial charge on any atom is 0.271 e. The number of rotatable bonds is 4. The van der Waals surface area contributed by atoms with Crippen LogP contribution in [0.3, 0.4) is 0 Å².